The van der Waals surface area contributed by atoms with Crippen LogP contribution < -0.4 is 0 Å². The number of benzene rings is 2. The fraction of sp³-hybridized carbons (Fsp3) is 0.516. The van der Waals surface area contributed by atoms with E-state index in [-0.39, 0.29) is 40.8 Å². The van der Waals surface area contributed by atoms with Gasteiger partial charge in [-0.1, -0.05) is 90.4 Å². The Bertz CT molecular complexity index is 1060. The van der Waals surface area contributed by atoms with Gasteiger partial charge in [0.15, 0.2) is 5.78 Å². The molecule has 2 saturated heterocycles. The summed E-state index contributed by atoms with van der Waals surface area (Å²) in [6.07, 6.45) is 2.61. The third-order valence-electron chi connectivity index (χ3n) is 6.90. The van der Waals surface area contributed by atoms with E-state index in [1.54, 1.807) is 33.7 Å². The van der Waals surface area contributed by atoms with Crippen molar-refractivity contribution in [3.05, 3.63) is 71.3 Å². The van der Waals surface area contributed by atoms with E-state index in [4.69, 9.17) is 0 Å². The molecule has 6 heteroatoms. The van der Waals surface area contributed by atoms with E-state index < -0.39 is 6.04 Å². The first-order valence-electron chi connectivity index (χ1n) is 13.5. The molecule has 5 nitrogen and oxygen atoms in total. The molecule has 0 aliphatic carbocycles. The van der Waals surface area contributed by atoms with Crippen LogP contribution in [-0.2, 0) is 20.8 Å². The highest BCUT2D eigenvalue weighted by atomic mass is 32.2. The Balaban J connectivity index is 0.00000121. The number of hydrogen-bond donors (Lipinski definition) is 0. The van der Waals surface area contributed by atoms with Crippen LogP contribution in [0.25, 0.3) is 0 Å². The van der Waals surface area contributed by atoms with Crippen LogP contribution in [0.1, 0.15) is 82.3 Å². The van der Waals surface area contributed by atoms with Crippen molar-refractivity contribution in [3.63, 3.8) is 0 Å². The number of Topliss-reactive ketones (excluding diaryl/α,β-unsaturated/α-hetero) is 1. The Morgan fingerprint density at radius 3 is 2.16 bits per heavy atom. The molecule has 2 fully saturated rings. The maximum absolute atomic E-state index is 13.5. The number of carbonyl (C=O) groups excluding carboxylic acids is 3. The molecule has 2 aliphatic rings. The minimum atomic E-state index is -0.513. The third kappa shape index (κ3) is 6.84. The molecule has 0 saturated carbocycles. The lowest BCUT2D eigenvalue weighted by Crippen LogP contribution is -2.46. The second-order valence-corrected chi connectivity index (χ2v) is 12.2. The summed E-state index contributed by atoms with van der Waals surface area (Å²) in [5.74, 6) is 0.616. The highest BCUT2D eigenvalue weighted by molar-refractivity contribution is 7.99. The molecule has 200 valence electrons. The molecule has 2 heterocycles. The highest BCUT2D eigenvalue weighted by Crippen LogP contribution is 2.33. The van der Waals surface area contributed by atoms with Gasteiger partial charge in [0.05, 0.1) is 17.8 Å². The normalized spacial score (nSPS) is 19.8. The first kappa shape index (κ1) is 29.0. The SMILES string of the molecule is CCC.CC[C@@H](SCc1ccc(C(C)(C)C)cc1)C(=O)N1CCC2C1C(=O)CN2C(=O)c1ccccc1. The molecule has 2 unspecified atom stereocenters. The number of rotatable bonds is 6. The maximum Gasteiger partial charge on any atom is 0.254 e. The van der Waals surface area contributed by atoms with Crippen LogP contribution >= 0.6 is 11.8 Å². The van der Waals surface area contributed by atoms with Gasteiger partial charge in [-0.2, -0.15) is 0 Å². The summed E-state index contributed by atoms with van der Waals surface area (Å²) in [7, 11) is 0. The second-order valence-electron chi connectivity index (χ2n) is 11.0. The largest absolute Gasteiger partial charge is 0.329 e. The maximum atomic E-state index is 13.5. The summed E-state index contributed by atoms with van der Waals surface area (Å²) in [5, 5.41) is -0.201. The fourth-order valence-corrected chi connectivity index (χ4v) is 6.03. The van der Waals surface area contributed by atoms with Crippen molar-refractivity contribution in [2.24, 2.45) is 0 Å². The standard InChI is InChI=1S/C28H34N2O3S.C3H8/c1-5-24(34-18-19-11-13-21(14-12-19)28(2,3)4)27(33)29-16-15-22-25(29)23(31)17-30(22)26(32)20-9-7-6-8-10-20;1-3-2/h6-14,22,24-25H,5,15-18H2,1-4H3;3H2,1-2H3/t22?,24-,25?;/m1./s1. The van der Waals surface area contributed by atoms with Crippen LogP contribution in [0.4, 0.5) is 0 Å². The molecule has 0 N–H and O–H groups in total. The van der Waals surface area contributed by atoms with Crippen LogP contribution in [0.3, 0.4) is 0 Å². The quantitative estimate of drug-likeness (QED) is 0.460. The van der Waals surface area contributed by atoms with E-state index in [1.165, 1.54) is 17.5 Å². The Labute approximate surface area is 227 Å². The number of amides is 2. The summed E-state index contributed by atoms with van der Waals surface area (Å²) in [6, 6.07) is 16.9. The molecule has 3 atom stereocenters. The highest BCUT2D eigenvalue weighted by Gasteiger charge is 2.52. The summed E-state index contributed by atoms with van der Waals surface area (Å²) < 4.78 is 0. The molecule has 4 rings (SSSR count). The predicted molar refractivity (Wildman–Crippen MR) is 153 cm³/mol. The zero-order chi connectivity index (χ0) is 27.2. The van der Waals surface area contributed by atoms with Crippen LogP contribution in [0.15, 0.2) is 54.6 Å². The predicted octanol–water partition coefficient (Wildman–Crippen LogP) is 6.11. The van der Waals surface area contributed by atoms with Crippen molar-refractivity contribution in [2.45, 2.75) is 89.3 Å². The van der Waals surface area contributed by atoms with Gasteiger partial charge in [-0.15, -0.1) is 11.8 Å². The van der Waals surface area contributed by atoms with Crippen LogP contribution in [-0.4, -0.2) is 57.8 Å². The lowest BCUT2D eigenvalue weighted by Gasteiger charge is -2.27. The van der Waals surface area contributed by atoms with E-state index in [9.17, 15) is 14.4 Å². The number of carbonyl (C=O) groups is 3. The zero-order valence-electron chi connectivity index (χ0n) is 23.2. The van der Waals surface area contributed by atoms with Gasteiger partial charge >= 0.3 is 0 Å². The monoisotopic (exact) mass is 522 g/mol. The van der Waals surface area contributed by atoms with Crippen molar-refractivity contribution < 1.29 is 14.4 Å². The Kier molecular flexibility index (Phi) is 10.00. The summed E-state index contributed by atoms with van der Waals surface area (Å²) in [4.78, 5) is 42.8. The van der Waals surface area contributed by atoms with Gasteiger partial charge in [0.2, 0.25) is 5.91 Å². The van der Waals surface area contributed by atoms with Gasteiger partial charge in [0.25, 0.3) is 5.91 Å². The Morgan fingerprint density at radius 1 is 0.973 bits per heavy atom. The van der Waals surface area contributed by atoms with Crippen molar-refractivity contribution in [1.29, 1.82) is 0 Å². The van der Waals surface area contributed by atoms with Gasteiger partial charge < -0.3 is 9.80 Å². The average Bonchev–Trinajstić information content (AvgIpc) is 3.46. The summed E-state index contributed by atoms with van der Waals surface area (Å²) >= 11 is 1.64. The minimum Gasteiger partial charge on any atom is -0.329 e. The molecule has 2 amide bonds. The second kappa shape index (κ2) is 12.8. The summed E-state index contributed by atoms with van der Waals surface area (Å²) in [6.45, 7) is 13.5. The molecular weight excluding hydrogens is 480 g/mol. The van der Waals surface area contributed by atoms with Crippen LogP contribution in [0, 0.1) is 0 Å². The smallest absolute Gasteiger partial charge is 0.254 e. The molecule has 0 aromatic heterocycles. The first-order chi connectivity index (χ1) is 17.6. The van der Waals surface area contributed by atoms with Crippen molar-refractivity contribution in [1.82, 2.24) is 9.80 Å². The lowest BCUT2D eigenvalue weighted by molar-refractivity contribution is -0.135. The zero-order valence-corrected chi connectivity index (χ0v) is 24.0. The van der Waals surface area contributed by atoms with Crippen molar-refractivity contribution in [3.8, 4) is 0 Å². The van der Waals surface area contributed by atoms with Gasteiger partial charge in [-0.05, 0) is 41.5 Å². The van der Waals surface area contributed by atoms with Gasteiger partial charge in [0, 0.05) is 17.9 Å². The molecule has 0 spiro atoms. The first-order valence-corrected chi connectivity index (χ1v) is 14.6. The van der Waals surface area contributed by atoms with Gasteiger partial charge in [0.1, 0.15) is 6.04 Å². The fourth-order valence-electron chi connectivity index (χ4n) is 4.93. The third-order valence-corrected chi connectivity index (χ3v) is 8.34. The van der Waals surface area contributed by atoms with E-state index in [0.717, 1.165) is 5.75 Å². The molecular formula is C31H42N2O3S. The molecule has 37 heavy (non-hydrogen) atoms. The van der Waals surface area contributed by atoms with Crippen LogP contribution in [0.5, 0.6) is 0 Å². The topological polar surface area (TPSA) is 57.7 Å². The molecule has 2 aliphatic heterocycles. The molecule has 2 aromatic rings. The van der Waals surface area contributed by atoms with E-state index in [2.05, 4.69) is 58.9 Å². The number of thioether (sulfide) groups is 1. The van der Waals surface area contributed by atoms with Crippen LogP contribution in [0.2, 0.25) is 0 Å². The molecule has 0 bridgehead atoms. The average molecular weight is 523 g/mol. The molecule has 2 aromatic carbocycles. The molecule has 0 radical (unpaired) electrons. The van der Waals surface area contributed by atoms with E-state index in [1.807, 2.05) is 25.1 Å². The van der Waals surface area contributed by atoms with Gasteiger partial charge in [-0.3, -0.25) is 14.4 Å². The Morgan fingerprint density at radius 2 is 1.59 bits per heavy atom. The lowest BCUT2D eigenvalue weighted by atomic mass is 9.87. The number of hydrogen-bond acceptors (Lipinski definition) is 4. The van der Waals surface area contributed by atoms with Crippen molar-refractivity contribution in [2.75, 3.05) is 13.1 Å². The van der Waals surface area contributed by atoms with E-state index in [0.29, 0.717) is 24.9 Å². The Hall–Kier alpha value is -2.60. The number of ketones is 1. The number of fused-ring (bicyclic) bond motifs is 1. The number of likely N-dealkylation sites (tertiary alicyclic amines) is 2. The van der Waals surface area contributed by atoms with Gasteiger partial charge in [-0.25, -0.2) is 0 Å². The van der Waals surface area contributed by atoms with E-state index >= 15 is 0 Å². The minimum absolute atomic E-state index is 0.0219. The number of nitrogens with zero attached hydrogens (tertiary/aromatic N) is 2. The van der Waals surface area contributed by atoms with Crippen molar-refractivity contribution >= 4 is 29.4 Å². The summed E-state index contributed by atoms with van der Waals surface area (Å²) in [5.41, 5.74) is 3.19.